The van der Waals surface area contributed by atoms with E-state index in [2.05, 4.69) is 6.92 Å². The number of para-hydroxylation sites is 1. The van der Waals surface area contributed by atoms with Gasteiger partial charge in [0.25, 0.3) is 5.91 Å². The molecule has 0 atom stereocenters. The lowest BCUT2D eigenvalue weighted by atomic mass is 10.1. The van der Waals surface area contributed by atoms with Gasteiger partial charge in [-0.25, -0.2) is 4.79 Å². The van der Waals surface area contributed by atoms with Crippen LogP contribution in [0.4, 0.5) is 0 Å². The van der Waals surface area contributed by atoms with Gasteiger partial charge in [0, 0.05) is 29.1 Å². The smallest absolute Gasteiger partial charge is 0.348 e. The molecule has 0 radical (unpaired) electrons. The van der Waals surface area contributed by atoms with Crippen molar-refractivity contribution in [3.05, 3.63) is 40.8 Å². The van der Waals surface area contributed by atoms with Crippen LogP contribution in [0.1, 0.15) is 41.4 Å². The SMILES string of the molecule is CCCN(CC1CC1)C(=O)COC(=O)c1cc2c(s1)-c1ccccc1OC2. The molecule has 142 valence electrons. The number of hydrogen-bond acceptors (Lipinski definition) is 5. The predicted molar refractivity (Wildman–Crippen MR) is 104 cm³/mol. The van der Waals surface area contributed by atoms with Gasteiger partial charge in [0.15, 0.2) is 6.61 Å². The number of fused-ring (bicyclic) bond motifs is 3. The maximum absolute atomic E-state index is 12.5. The summed E-state index contributed by atoms with van der Waals surface area (Å²) in [4.78, 5) is 28.3. The van der Waals surface area contributed by atoms with Crippen LogP contribution in [0.25, 0.3) is 10.4 Å². The predicted octanol–water partition coefficient (Wildman–Crippen LogP) is 4.11. The van der Waals surface area contributed by atoms with Gasteiger partial charge in [-0.15, -0.1) is 11.3 Å². The summed E-state index contributed by atoms with van der Waals surface area (Å²) >= 11 is 1.40. The largest absolute Gasteiger partial charge is 0.488 e. The van der Waals surface area contributed by atoms with Crippen LogP contribution in [0.5, 0.6) is 5.75 Å². The minimum atomic E-state index is -0.442. The van der Waals surface area contributed by atoms with Gasteiger partial charge in [0.2, 0.25) is 0 Å². The first-order chi connectivity index (χ1) is 13.2. The molecule has 0 spiro atoms. The Labute approximate surface area is 162 Å². The van der Waals surface area contributed by atoms with Gasteiger partial charge >= 0.3 is 5.97 Å². The van der Waals surface area contributed by atoms with Crippen molar-refractivity contribution < 1.29 is 19.1 Å². The molecule has 0 unspecified atom stereocenters. The fraction of sp³-hybridized carbons (Fsp3) is 0.429. The summed E-state index contributed by atoms with van der Waals surface area (Å²) in [6, 6.07) is 9.62. The summed E-state index contributed by atoms with van der Waals surface area (Å²) < 4.78 is 11.1. The van der Waals surface area contributed by atoms with Crippen LogP contribution >= 0.6 is 11.3 Å². The first-order valence-electron chi connectivity index (χ1n) is 9.45. The van der Waals surface area contributed by atoms with Crippen LogP contribution in [0.15, 0.2) is 30.3 Å². The summed E-state index contributed by atoms with van der Waals surface area (Å²) in [5, 5.41) is 0. The van der Waals surface area contributed by atoms with Crippen LogP contribution < -0.4 is 4.74 Å². The number of amides is 1. The van der Waals surface area contributed by atoms with Crippen molar-refractivity contribution in [3.8, 4) is 16.2 Å². The Kier molecular flexibility index (Phi) is 5.16. The normalized spacial score (nSPS) is 14.7. The highest BCUT2D eigenvalue weighted by molar-refractivity contribution is 7.17. The lowest BCUT2D eigenvalue weighted by Crippen LogP contribution is -2.36. The zero-order chi connectivity index (χ0) is 18.8. The molecule has 1 aliphatic carbocycles. The minimum Gasteiger partial charge on any atom is -0.488 e. The Hall–Kier alpha value is -2.34. The average molecular weight is 385 g/mol. The molecule has 0 N–H and O–H groups in total. The number of thiophene rings is 1. The second-order valence-corrected chi connectivity index (χ2v) is 8.16. The molecule has 27 heavy (non-hydrogen) atoms. The van der Waals surface area contributed by atoms with Gasteiger partial charge in [0.05, 0.1) is 0 Å². The maximum Gasteiger partial charge on any atom is 0.348 e. The molecule has 2 heterocycles. The summed E-state index contributed by atoms with van der Waals surface area (Å²) in [5.74, 6) is 0.910. The Morgan fingerprint density at radius 3 is 2.89 bits per heavy atom. The van der Waals surface area contributed by atoms with Gasteiger partial charge in [-0.2, -0.15) is 0 Å². The number of carbonyl (C=O) groups excluding carboxylic acids is 2. The number of rotatable bonds is 7. The number of carbonyl (C=O) groups is 2. The van der Waals surface area contributed by atoms with Crippen LogP contribution in [-0.4, -0.2) is 36.5 Å². The van der Waals surface area contributed by atoms with Gasteiger partial charge in [-0.3, -0.25) is 4.79 Å². The van der Waals surface area contributed by atoms with Crippen molar-refractivity contribution in [3.63, 3.8) is 0 Å². The fourth-order valence-corrected chi connectivity index (χ4v) is 4.38. The number of benzene rings is 1. The molecule has 1 fully saturated rings. The molecule has 5 nitrogen and oxygen atoms in total. The van der Waals surface area contributed by atoms with E-state index in [9.17, 15) is 9.59 Å². The highest BCUT2D eigenvalue weighted by Gasteiger charge is 2.27. The third kappa shape index (κ3) is 4.00. The molecule has 6 heteroatoms. The molecule has 2 aromatic rings. The molecule has 1 aromatic heterocycles. The second kappa shape index (κ2) is 7.72. The first kappa shape index (κ1) is 18.0. The molecule has 0 saturated heterocycles. The van der Waals surface area contributed by atoms with Crippen molar-refractivity contribution in [2.24, 2.45) is 5.92 Å². The lowest BCUT2D eigenvalue weighted by molar-refractivity contribution is -0.134. The molecule has 2 aliphatic rings. The molecule has 4 rings (SSSR count). The quantitative estimate of drug-likeness (QED) is 0.673. The zero-order valence-corrected chi connectivity index (χ0v) is 16.2. The molecule has 0 bridgehead atoms. The topological polar surface area (TPSA) is 55.8 Å². The van der Waals surface area contributed by atoms with Crippen molar-refractivity contribution >= 4 is 23.2 Å². The van der Waals surface area contributed by atoms with E-state index in [0.29, 0.717) is 23.9 Å². The van der Waals surface area contributed by atoms with Crippen LogP contribution in [-0.2, 0) is 16.1 Å². The molecular formula is C21H23NO4S. The van der Waals surface area contributed by atoms with Crippen molar-refractivity contribution in [1.29, 1.82) is 0 Å². The van der Waals surface area contributed by atoms with E-state index in [1.807, 2.05) is 35.2 Å². The lowest BCUT2D eigenvalue weighted by Gasteiger charge is -2.21. The Morgan fingerprint density at radius 2 is 2.11 bits per heavy atom. The number of ether oxygens (including phenoxy) is 2. The van der Waals surface area contributed by atoms with Crippen LogP contribution in [0.2, 0.25) is 0 Å². The van der Waals surface area contributed by atoms with Gasteiger partial charge in [-0.05, 0) is 43.4 Å². The van der Waals surface area contributed by atoms with Crippen molar-refractivity contribution in [1.82, 2.24) is 4.90 Å². The monoisotopic (exact) mass is 385 g/mol. The maximum atomic E-state index is 12.5. The summed E-state index contributed by atoms with van der Waals surface area (Å²) in [7, 11) is 0. The Balaban J connectivity index is 1.41. The van der Waals surface area contributed by atoms with Crippen LogP contribution in [0, 0.1) is 5.92 Å². The van der Waals surface area contributed by atoms with E-state index in [1.54, 1.807) is 0 Å². The van der Waals surface area contributed by atoms with Crippen molar-refractivity contribution in [2.45, 2.75) is 32.8 Å². The van der Waals surface area contributed by atoms with E-state index in [4.69, 9.17) is 9.47 Å². The van der Waals surface area contributed by atoms with E-state index in [0.717, 1.165) is 34.7 Å². The Bertz CT molecular complexity index is 856. The second-order valence-electron chi connectivity index (χ2n) is 7.11. The number of esters is 1. The number of nitrogens with zero attached hydrogens (tertiary/aromatic N) is 1. The van der Waals surface area contributed by atoms with Crippen molar-refractivity contribution in [2.75, 3.05) is 19.7 Å². The summed E-state index contributed by atoms with van der Waals surface area (Å²) in [6.45, 7) is 3.80. The first-order valence-corrected chi connectivity index (χ1v) is 10.3. The van der Waals surface area contributed by atoms with E-state index < -0.39 is 5.97 Å². The minimum absolute atomic E-state index is 0.105. The average Bonchev–Trinajstić information content (AvgIpc) is 3.39. The zero-order valence-electron chi connectivity index (χ0n) is 15.4. The third-order valence-corrected chi connectivity index (χ3v) is 6.06. The summed E-state index contributed by atoms with van der Waals surface area (Å²) in [5.41, 5.74) is 1.98. The molecule has 1 aliphatic heterocycles. The molecule has 1 saturated carbocycles. The van der Waals surface area contributed by atoms with Crippen LogP contribution in [0.3, 0.4) is 0 Å². The van der Waals surface area contributed by atoms with E-state index >= 15 is 0 Å². The fourth-order valence-electron chi connectivity index (χ4n) is 3.29. The highest BCUT2D eigenvalue weighted by Crippen LogP contribution is 2.42. The van der Waals surface area contributed by atoms with Gasteiger partial charge in [-0.1, -0.05) is 19.1 Å². The molecular weight excluding hydrogens is 362 g/mol. The van der Waals surface area contributed by atoms with E-state index in [1.165, 1.54) is 24.2 Å². The van der Waals surface area contributed by atoms with Gasteiger partial charge < -0.3 is 14.4 Å². The molecule has 1 aromatic carbocycles. The van der Waals surface area contributed by atoms with Gasteiger partial charge in [0.1, 0.15) is 17.2 Å². The molecule has 1 amide bonds. The standard InChI is InChI=1S/C21H23NO4S/c1-2-9-22(11-14-7-8-14)19(23)13-26-21(24)18-10-15-12-25-17-6-4-3-5-16(17)20(15)27-18/h3-6,10,14H,2,7-9,11-13H2,1H3. The summed E-state index contributed by atoms with van der Waals surface area (Å²) in [6.07, 6.45) is 3.29. The Morgan fingerprint density at radius 1 is 1.30 bits per heavy atom. The number of hydrogen-bond donors (Lipinski definition) is 0. The highest BCUT2D eigenvalue weighted by atomic mass is 32.1. The third-order valence-electron chi connectivity index (χ3n) is 4.87. The van der Waals surface area contributed by atoms with E-state index in [-0.39, 0.29) is 12.5 Å².